The fourth-order valence-corrected chi connectivity index (χ4v) is 3.76. The number of aromatic nitrogens is 4. The van der Waals surface area contributed by atoms with Crippen molar-refractivity contribution in [3.8, 4) is 0 Å². The van der Waals surface area contributed by atoms with Crippen LogP contribution in [0.2, 0.25) is 0 Å². The van der Waals surface area contributed by atoms with E-state index in [1.165, 1.54) is 0 Å². The van der Waals surface area contributed by atoms with E-state index in [4.69, 9.17) is 11.5 Å². The molecule has 0 aliphatic carbocycles. The van der Waals surface area contributed by atoms with E-state index in [0.29, 0.717) is 60.2 Å². The van der Waals surface area contributed by atoms with Gasteiger partial charge < -0.3 is 32.2 Å². The van der Waals surface area contributed by atoms with Crippen LogP contribution >= 0.6 is 0 Å². The van der Waals surface area contributed by atoms with Crippen molar-refractivity contribution in [1.82, 2.24) is 30.6 Å². The molecule has 0 fully saturated rings. The van der Waals surface area contributed by atoms with Crippen molar-refractivity contribution >= 4 is 46.7 Å². The number of anilines is 3. The summed E-state index contributed by atoms with van der Waals surface area (Å²) < 4.78 is 0. The van der Waals surface area contributed by atoms with E-state index in [9.17, 15) is 14.4 Å². The summed E-state index contributed by atoms with van der Waals surface area (Å²) in [6.45, 7) is 2.70. The standard InChI is InChI=1S/C27H29N9O3/c1-16-4-6-17(7-5-16)25(38)30-12-2-3-20(15-37)34-26(39)18-8-10-19(11-9-18)31-13-21-14-32-24-22(33-21)23(28)35-27(29)36-24/h4-11,14-15,20,31H,2-3,12-13H2,1H3,(H,30,38)(H,34,39)(H4,28,29,32,35,36). The summed E-state index contributed by atoms with van der Waals surface area (Å²) >= 11 is 0. The molecule has 12 nitrogen and oxygen atoms in total. The monoisotopic (exact) mass is 527 g/mol. The number of hydrogen-bond acceptors (Lipinski definition) is 10. The maximum Gasteiger partial charge on any atom is 0.251 e. The summed E-state index contributed by atoms with van der Waals surface area (Å²) in [5, 5.41) is 8.75. The third-order valence-electron chi connectivity index (χ3n) is 5.89. The first kappa shape index (κ1) is 26.9. The smallest absolute Gasteiger partial charge is 0.251 e. The van der Waals surface area contributed by atoms with Gasteiger partial charge in [0.25, 0.3) is 11.8 Å². The second kappa shape index (κ2) is 12.4. The molecular formula is C27H29N9O3. The first-order valence-electron chi connectivity index (χ1n) is 12.3. The first-order valence-corrected chi connectivity index (χ1v) is 12.3. The normalized spacial score (nSPS) is 11.5. The Morgan fingerprint density at radius 2 is 1.64 bits per heavy atom. The van der Waals surface area contributed by atoms with Gasteiger partial charge in [-0.3, -0.25) is 9.59 Å². The van der Waals surface area contributed by atoms with E-state index in [1.807, 2.05) is 19.1 Å². The van der Waals surface area contributed by atoms with Crippen LogP contribution < -0.4 is 27.4 Å². The average Bonchev–Trinajstić information content (AvgIpc) is 2.94. The van der Waals surface area contributed by atoms with Crippen LogP contribution in [0.15, 0.2) is 54.7 Å². The highest BCUT2D eigenvalue weighted by atomic mass is 16.2. The van der Waals surface area contributed by atoms with Crippen LogP contribution in [0.5, 0.6) is 0 Å². The zero-order valence-corrected chi connectivity index (χ0v) is 21.3. The van der Waals surface area contributed by atoms with E-state index < -0.39 is 6.04 Å². The van der Waals surface area contributed by atoms with E-state index in [2.05, 4.69) is 35.9 Å². The van der Waals surface area contributed by atoms with Gasteiger partial charge in [-0.15, -0.1) is 0 Å². The number of carbonyl (C=O) groups excluding carboxylic acids is 3. The van der Waals surface area contributed by atoms with Crippen LogP contribution in [-0.4, -0.2) is 50.6 Å². The van der Waals surface area contributed by atoms with Crippen LogP contribution in [0.1, 0.15) is 44.8 Å². The maximum atomic E-state index is 12.6. The molecule has 0 aliphatic heterocycles. The molecule has 39 heavy (non-hydrogen) atoms. The lowest BCUT2D eigenvalue weighted by Crippen LogP contribution is -2.36. The number of nitrogens with zero attached hydrogens (tertiary/aromatic N) is 4. The lowest BCUT2D eigenvalue weighted by molar-refractivity contribution is -0.109. The van der Waals surface area contributed by atoms with Crippen molar-refractivity contribution in [2.24, 2.45) is 0 Å². The molecule has 0 saturated heterocycles. The quantitative estimate of drug-likeness (QED) is 0.142. The van der Waals surface area contributed by atoms with Crippen molar-refractivity contribution in [3.63, 3.8) is 0 Å². The average molecular weight is 528 g/mol. The number of aryl methyl sites for hydroxylation is 1. The summed E-state index contributed by atoms with van der Waals surface area (Å²) in [5.74, 6) is -0.349. The molecule has 4 rings (SSSR count). The van der Waals surface area contributed by atoms with E-state index in [1.54, 1.807) is 42.6 Å². The number of rotatable bonds is 11. The van der Waals surface area contributed by atoms with E-state index in [0.717, 1.165) is 11.3 Å². The largest absolute Gasteiger partial charge is 0.382 e. The van der Waals surface area contributed by atoms with Gasteiger partial charge in [-0.2, -0.15) is 9.97 Å². The Morgan fingerprint density at radius 1 is 0.949 bits per heavy atom. The van der Waals surface area contributed by atoms with Gasteiger partial charge in [0, 0.05) is 23.4 Å². The number of hydrogen-bond donors (Lipinski definition) is 5. The predicted octanol–water partition coefficient (Wildman–Crippen LogP) is 2.01. The Labute approximate surface area is 224 Å². The molecule has 0 spiro atoms. The van der Waals surface area contributed by atoms with Crippen LogP contribution in [0.25, 0.3) is 11.2 Å². The number of nitrogens with two attached hydrogens (primary N) is 2. The number of aldehydes is 1. The van der Waals surface area contributed by atoms with Gasteiger partial charge in [0.1, 0.15) is 6.29 Å². The molecule has 2 aromatic carbocycles. The van der Waals surface area contributed by atoms with Gasteiger partial charge in [-0.05, 0) is 56.2 Å². The molecule has 7 N–H and O–H groups in total. The van der Waals surface area contributed by atoms with Gasteiger partial charge in [-0.25, -0.2) is 9.97 Å². The van der Waals surface area contributed by atoms with Crippen LogP contribution in [0.4, 0.5) is 17.5 Å². The number of carbonyl (C=O) groups is 3. The van der Waals surface area contributed by atoms with Gasteiger partial charge in [-0.1, -0.05) is 17.7 Å². The minimum Gasteiger partial charge on any atom is -0.382 e. The zero-order chi connectivity index (χ0) is 27.8. The molecule has 4 aromatic rings. The van der Waals surface area contributed by atoms with E-state index >= 15 is 0 Å². The molecule has 200 valence electrons. The number of nitrogen functional groups attached to an aromatic ring is 2. The minimum atomic E-state index is -0.662. The Balaban J connectivity index is 1.23. The Bertz CT molecular complexity index is 1470. The second-order valence-corrected chi connectivity index (χ2v) is 8.91. The highest BCUT2D eigenvalue weighted by Crippen LogP contribution is 2.16. The molecule has 0 radical (unpaired) electrons. The van der Waals surface area contributed by atoms with Gasteiger partial charge in [0.2, 0.25) is 5.95 Å². The summed E-state index contributed by atoms with van der Waals surface area (Å²) in [6.07, 6.45) is 3.20. The number of benzene rings is 2. The summed E-state index contributed by atoms with van der Waals surface area (Å²) in [4.78, 5) is 52.9. The van der Waals surface area contributed by atoms with Gasteiger partial charge in [0.05, 0.1) is 24.5 Å². The number of fused-ring (bicyclic) bond motifs is 1. The van der Waals surface area contributed by atoms with Crippen LogP contribution in [0, 0.1) is 6.92 Å². The summed E-state index contributed by atoms with van der Waals surface area (Å²) in [6, 6.07) is 13.4. The molecule has 1 atom stereocenters. The molecular weight excluding hydrogens is 498 g/mol. The molecule has 2 heterocycles. The van der Waals surface area contributed by atoms with Crippen molar-refractivity contribution in [2.75, 3.05) is 23.3 Å². The predicted molar refractivity (Wildman–Crippen MR) is 148 cm³/mol. The maximum absolute atomic E-state index is 12.6. The molecule has 12 heteroatoms. The fraction of sp³-hybridized carbons (Fsp3) is 0.222. The Hall–Kier alpha value is -5.13. The molecule has 2 amide bonds. The molecule has 2 aromatic heterocycles. The Kier molecular flexibility index (Phi) is 8.57. The molecule has 0 aliphatic rings. The minimum absolute atomic E-state index is 0.0335. The first-order chi connectivity index (χ1) is 18.8. The SMILES string of the molecule is Cc1ccc(C(=O)NCCCC(C=O)NC(=O)c2ccc(NCc3cnc4nc(N)nc(N)c4n3)cc2)cc1. The van der Waals surface area contributed by atoms with Crippen LogP contribution in [0.3, 0.4) is 0 Å². The van der Waals surface area contributed by atoms with Crippen LogP contribution in [-0.2, 0) is 11.3 Å². The van der Waals surface area contributed by atoms with Gasteiger partial charge in [0.15, 0.2) is 17.0 Å². The van der Waals surface area contributed by atoms with E-state index in [-0.39, 0.29) is 23.6 Å². The second-order valence-electron chi connectivity index (χ2n) is 8.91. The topological polar surface area (TPSA) is 191 Å². The van der Waals surface area contributed by atoms with Crippen molar-refractivity contribution in [2.45, 2.75) is 32.4 Å². The van der Waals surface area contributed by atoms with Crippen molar-refractivity contribution in [1.29, 1.82) is 0 Å². The molecule has 0 bridgehead atoms. The molecule has 0 saturated carbocycles. The number of nitrogens with one attached hydrogen (secondary N) is 3. The summed E-state index contributed by atoms with van der Waals surface area (Å²) in [5.41, 5.74) is 15.6. The molecule has 1 unspecified atom stereocenters. The van der Waals surface area contributed by atoms with Crippen molar-refractivity contribution in [3.05, 3.63) is 77.1 Å². The Morgan fingerprint density at radius 3 is 2.36 bits per heavy atom. The highest BCUT2D eigenvalue weighted by molar-refractivity contribution is 5.96. The fourth-order valence-electron chi connectivity index (χ4n) is 3.76. The van der Waals surface area contributed by atoms with Gasteiger partial charge >= 0.3 is 0 Å². The third-order valence-corrected chi connectivity index (χ3v) is 5.89. The zero-order valence-electron chi connectivity index (χ0n) is 21.3. The highest BCUT2D eigenvalue weighted by Gasteiger charge is 2.14. The number of amides is 2. The summed E-state index contributed by atoms with van der Waals surface area (Å²) in [7, 11) is 0. The lowest BCUT2D eigenvalue weighted by atomic mass is 10.1. The van der Waals surface area contributed by atoms with Crippen molar-refractivity contribution < 1.29 is 14.4 Å². The lowest BCUT2D eigenvalue weighted by Gasteiger charge is -2.14. The third kappa shape index (κ3) is 7.22.